The fourth-order valence-corrected chi connectivity index (χ4v) is 2.42. The van der Waals surface area contributed by atoms with Gasteiger partial charge in [0.25, 0.3) is 0 Å². The standard InChI is InChI=1S/C19H23NO/c1-4-16-9-8-10-17(13-16)14-20(3)15(2)19(21)18-11-6-5-7-12-18/h4-13,15,19,21H,1,14H2,2-3H3/t15-,19-/m0/s1. The van der Waals surface area contributed by atoms with Gasteiger partial charge in [0, 0.05) is 12.6 Å². The van der Waals surface area contributed by atoms with Crippen molar-refractivity contribution < 1.29 is 5.11 Å². The average Bonchev–Trinajstić information content (AvgIpc) is 2.54. The smallest absolute Gasteiger partial charge is 0.0942 e. The first kappa shape index (κ1) is 15.5. The molecule has 21 heavy (non-hydrogen) atoms. The van der Waals surface area contributed by atoms with Crippen molar-refractivity contribution in [2.24, 2.45) is 0 Å². The summed E-state index contributed by atoms with van der Waals surface area (Å²) in [6, 6.07) is 18.2. The maximum absolute atomic E-state index is 10.5. The van der Waals surface area contributed by atoms with E-state index in [2.05, 4.69) is 30.5 Å². The Morgan fingerprint density at radius 2 is 1.86 bits per heavy atom. The summed E-state index contributed by atoms with van der Waals surface area (Å²) in [7, 11) is 2.04. The number of rotatable bonds is 6. The topological polar surface area (TPSA) is 23.5 Å². The Balaban J connectivity index is 2.05. The van der Waals surface area contributed by atoms with Crippen molar-refractivity contribution in [3.05, 3.63) is 77.9 Å². The van der Waals surface area contributed by atoms with Crippen LogP contribution in [0.15, 0.2) is 61.2 Å². The first-order valence-electron chi connectivity index (χ1n) is 7.26. The van der Waals surface area contributed by atoms with E-state index >= 15 is 0 Å². The normalized spacial score (nSPS) is 13.9. The molecule has 0 radical (unpaired) electrons. The molecule has 1 N–H and O–H groups in total. The van der Waals surface area contributed by atoms with Gasteiger partial charge in [0.05, 0.1) is 6.10 Å². The second-order valence-corrected chi connectivity index (χ2v) is 5.46. The molecular weight excluding hydrogens is 258 g/mol. The highest BCUT2D eigenvalue weighted by molar-refractivity contribution is 5.47. The van der Waals surface area contributed by atoms with Crippen molar-refractivity contribution in [1.29, 1.82) is 0 Å². The van der Waals surface area contributed by atoms with Crippen molar-refractivity contribution in [3.8, 4) is 0 Å². The first-order chi connectivity index (χ1) is 10.1. The maximum Gasteiger partial charge on any atom is 0.0942 e. The number of hydrogen-bond donors (Lipinski definition) is 1. The Labute approximate surface area is 127 Å². The summed E-state index contributed by atoms with van der Waals surface area (Å²) in [5, 5.41) is 10.5. The molecule has 110 valence electrons. The highest BCUT2D eigenvalue weighted by atomic mass is 16.3. The van der Waals surface area contributed by atoms with E-state index in [1.165, 1.54) is 5.56 Å². The van der Waals surface area contributed by atoms with Crippen LogP contribution in [0.2, 0.25) is 0 Å². The molecule has 0 saturated carbocycles. The van der Waals surface area contributed by atoms with E-state index < -0.39 is 6.10 Å². The van der Waals surface area contributed by atoms with Gasteiger partial charge in [0.1, 0.15) is 0 Å². The summed E-state index contributed by atoms with van der Waals surface area (Å²) in [5.74, 6) is 0. The lowest BCUT2D eigenvalue weighted by atomic mass is 10.0. The predicted molar refractivity (Wildman–Crippen MR) is 88.9 cm³/mol. The molecule has 0 spiro atoms. The second kappa shape index (κ2) is 7.21. The lowest BCUT2D eigenvalue weighted by molar-refractivity contribution is 0.0688. The summed E-state index contributed by atoms with van der Waals surface area (Å²) in [6.45, 7) is 6.65. The molecule has 2 aromatic rings. The van der Waals surface area contributed by atoms with Gasteiger partial charge in [-0.25, -0.2) is 0 Å². The van der Waals surface area contributed by atoms with Crippen LogP contribution in [0.1, 0.15) is 29.7 Å². The minimum atomic E-state index is -0.487. The van der Waals surface area contributed by atoms with Crippen molar-refractivity contribution in [2.75, 3.05) is 7.05 Å². The quantitative estimate of drug-likeness (QED) is 0.868. The van der Waals surface area contributed by atoms with Crippen molar-refractivity contribution >= 4 is 6.08 Å². The Morgan fingerprint density at radius 1 is 1.14 bits per heavy atom. The van der Waals surface area contributed by atoms with E-state index in [-0.39, 0.29) is 6.04 Å². The number of nitrogens with zero attached hydrogens (tertiary/aromatic N) is 1. The van der Waals surface area contributed by atoms with Gasteiger partial charge in [-0.15, -0.1) is 0 Å². The van der Waals surface area contributed by atoms with Crippen molar-refractivity contribution in [1.82, 2.24) is 4.90 Å². The van der Waals surface area contributed by atoms with Gasteiger partial charge in [-0.05, 0) is 30.7 Å². The lowest BCUT2D eigenvalue weighted by Crippen LogP contribution is -2.33. The zero-order chi connectivity index (χ0) is 15.2. The van der Waals surface area contributed by atoms with E-state index in [0.29, 0.717) is 0 Å². The summed E-state index contributed by atoms with van der Waals surface area (Å²) in [6.07, 6.45) is 1.37. The molecule has 0 amide bonds. The molecule has 0 unspecified atom stereocenters. The third kappa shape index (κ3) is 4.03. The molecule has 2 heteroatoms. The van der Waals surface area contributed by atoms with Crippen LogP contribution in [0.3, 0.4) is 0 Å². The third-order valence-corrected chi connectivity index (χ3v) is 3.91. The van der Waals surface area contributed by atoms with Crippen LogP contribution >= 0.6 is 0 Å². The summed E-state index contributed by atoms with van der Waals surface area (Å²) in [4.78, 5) is 2.17. The summed E-state index contributed by atoms with van der Waals surface area (Å²) < 4.78 is 0. The van der Waals surface area contributed by atoms with Gasteiger partial charge in [0.2, 0.25) is 0 Å². The first-order valence-corrected chi connectivity index (χ1v) is 7.26. The van der Waals surface area contributed by atoms with Gasteiger partial charge >= 0.3 is 0 Å². The zero-order valence-electron chi connectivity index (χ0n) is 12.7. The fourth-order valence-electron chi connectivity index (χ4n) is 2.42. The molecule has 0 fully saturated rings. The average molecular weight is 281 g/mol. The fraction of sp³-hybridized carbons (Fsp3) is 0.263. The Kier molecular flexibility index (Phi) is 5.32. The zero-order valence-corrected chi connectivity index (χ0v) is 12.7. The van der Waals surface area contributed by atoms with Crippen LogP contribution in [-0.2, 0) is 6.54 Å². The monoisotopic (exact) mass is 281 g/mol. The second-order valence-electron chi connectivity index (χ2n) is 5.46. The highest BCUT2D eigenvalue weighted by Gasteiger charge is 2.20. The summed E-state index contributed by atoms with van der Waals surface area (Å²) in [5.41, 5.74) is 3.30. The largest absolute Gasteiger partial charge is 0.387 e. The third-order valence-electron chi connectivity index (χ3n) is 3.91. The van der Waals surface area contributed by atoms with E-state index in [4.69, 9.17) is 0 Å². The van der Waals surface area contributed by atoms with Crippen LogP contribution in [0.4, 0.5) is 0 Å². The van der Waals surface area contributed by atoms with Gasteiger partial charge in [-0.3, -0.25) is 4.90 Å². The molecule has 0 aliphatic carbocycles. The Hall–Kier alpha value is -1.90. The van der Waals surface area contributed by atoms with Gasteiger partial charge < -0.3 is 5.11 Å². The molecule has 0 heterocycles. The molecule has 2 aromatic carbocycles. The van der Waals surface area contributed by atoms with E-state index in [1.54, 1.807) is 0 Å². The highest BCUT2D eigenvalue weighted by Crippen LogP contribution is 2.21. The molecular formula is C19H23NO. The van der Waals surface area contributed by atoms with E-state index in [1.807, 2.05) is 55.6 Å². The number of likely N-dealkylation sites (N-methyl/N-ethyl adjacent to an activating group) is 1. The number of benzene rings is 2. The molecule has 0 bridgehead atoms. The Bertz CT molecular complexity index is 579. The van der Waals surface area contributed by atoms with Crippen molar-refractivity contribution in [3.63, 3.8) is 0 Å². The molecule has 0 saturated heterocycles. The van der Waals surface area contributed by atoms with E-state index in [9.17, 15) is 5.11 Å². The SMILES string of the molecule is C=Cc1cccc(CN(C)[C@@H](C)[C@H](O)c2ccccc2)c1. The molecule has 0 aliphatic rings. The lowest BCUT2D eigenvalue weighted by Gasteiger charge is -2.29. The van der Waals surface area contributed by atoms with Gasteiger partial charge in [0.15, 0.2) is 0 Å². The molecule has 2 rings (SSSR count). The minimum Gasteiger partial charge on any atom is -0.387 e. The minimum absolute atomic E-state index is 0.0415. The molecule has 0 aromatic heterocycles. The predicted octanol–water partition coefficient (Wildman–Crippen LogP) is 3.88. The van der Waals surface area contributed by atoms with Gasteiger partial charge in [-0.2, -0.15) is 0 Å². The number of hydrogen-bond acceptors (Lipinski definition) is 2. The van der Waals surface area contributed by atoms with Crippen LogP contribution in [-0.4, -0.2) is 23.1 Å². The number of aliphatic hydroxyl groups is 1. The Morgan fingerprint density at radius 3 is 2.52 bits per heavy atom. The van der Waals surface area contributed by atoms with Crippen molar-refractivity contribution in [2.45, 2.75) is 25.6 Å². The van der Waals surface area contributed by atoms with Crippen LogP contribution in [0.25, 0.3) is 6.08 Å². The summed E-state index contributed by atoms with van der Waals surface area (Å²) >= 11 is 0. The number of aliphatic hydroxyl groups excluding tert-OH is 1. The van der Waals surface area contributed by atoms with Crippen LogP contribution < -0.4 is 0 Å². The molecule has 2 atom stereocenters. The van der Waals surface area contributed by atoms with Crippen LogP contribution in [0.5, 0.6) is 0 Å². The van der Waals surface area contributed by atoms with E-state index in [0.717, 1.165) is 17.7 Å². The maximum atomic E-state index is 10.5. The molecule has 0 aliphatic heterocycles. The molecule has 2 nitrogen and oxygen atoms in total. The van der Waals surface area contributed by atoms with Crippen LogP contribution in [0, 0.1) is 0 Å². The van der Waals surface area contributed by atoms with Gasteiger partial charge in [-0.1, -0.05) is 67.3 Å².